The first-order valence-corrected chi connectivity index (χ1v) is 8.45. The van der Waals surface area contributed by atoms with Crippen LogP contribution >= 0.6 is 23.2 Å². The monoisotopic (exact) mass is 354 g/mol. The van der Waals surface area contributed by atoms with E-state index >= 15 is 0 Å². The van der Waals surface area contributed by atoms with Crippen LogP contribution in [0.25, 0.3) is 0 Å². The van der Waals surface area contributed by atoms with Gasteiger partial charge in [0.25, 0.3) is 0 Å². The third-order valence-corrected chi connectivity index (χ3v) is 5.56. The molecule has 0 heterocycles. The summed E-state index contributed by atoms with van der Waals surface area (Å²) in [5, 5.41) is 0.251. The summed E-state index contributed by atoms with van der Waals surface area (Å²) in [6, 6.07) is 2.67. The fraction of sp³-hybridized carbons (Fsp3) is 0.538. The van der Waals surface area contributed by atoms with Crippen LogP contribution < -0.4 is 9.46 Å². The summed E-state index contributed by atoms with van der Waals surface area (Å²) in [6.45, 7) is 4.10. The van der Waals surface area contributed by atoms with Crippen molar-refractivity contribution in [3.8, 4) is 5.75 Å². The number of nitrogens with one attached hydrogen (secondary N) is 1. The largest absolute Gasteiger partial charge is 0.495 e. The summed E-state index contributed by atoms with van der Waals surface area (Å²) in [5.74, 6) is 0.328. The van der Waals surface area contributed by atoms with Crippen molar-refractivity contribution < 1.29 is 13.2 Å². The molecule has 0 saturated heterocycles. The second-order valence-electron chi connectivity index (χ2n) is 5.45. The average Bonchev–Trinajstić information content (AvgIpc) is 2.38. The highest BCUT2D eigenvalue weighted by molar-refractivity contribution is 7.89. The molecule has 0 aromatic heterocycles. The van der Waals surface area contributed by atoms with Gasteiger partial charge in [0.15, 0.2) is 0 Å². The van der Waals surface area contributed by atoms with Crippen LogP contribution in [0.2, 0.25) is 10.0 Å². The van der Waals surface area contributed by atoms with Crippen molar-refractivity contribution in [3.05, 3.63) is 22.2 Å². The topological polar surface area (TPSA) is 58.6 Å². The fourth-order valence-electron chi connectivity index (χ4n) is 1.38. The molecule has 5 nitrogen and oxygen atoms in total. The van der Waals surface area contributed by atoms with Gasteiger partial charge in [-0.1, -0.05) is 23.2 Å². The summed E-state index contributed by atoms with van der Waals surface area (Å²) in [4.78, 5) is 1.86. The van der Waals surface area contributed by atoms with Crippen molar-refractivity contribution in [2.45, 2.75) is 24.3 Å². The Hall–Kier alpha value is -0.530. The molecule has 8 heteroatoms. The summed E-state index contributed by atoms with van der Waals surface area (Å²) in [5.41, 5.74) is -0.337. The van der Waals surface area contributed by atoms with E-state index in [9.17, 15) is 8.42 Å². The van der Waals surface area contributed by atoms with Gasteiger partial charge >= 0.3 is 0 Å². The van der Waals surface area contributed by atoms with Crippen LogP contribution in [0.3, 0.4) is 0 Å². The summed E-state index contributed by atoms with van der Waals surface area (Å²) in [6.07, 6.45) is 0. The lowest BCUT2D eigenvalue weighted by atomic mass is 10.1. The van der Waals surface area contributed by atoms with Crippen molar-refractivity contribution in [2.24, 2.45) is 0 Å². The van der Waals surface area contributed by atoms with Gasteiger partial charge < -0.3 is 9.64 Å². The molecular weight excluding hydrogens is 335 g/mol. The second-order valence-corrected chi connectivity index (χ2v) is 8.00. The Balaban J connectivity index is 3.07. The quantitative estimate of drug-likeness (QED) is 0.852. The number of rotatable bonds is 6. The maximum Gasteiger partial charge on any atom is 0.242 e. The zero-order valence-corrected chi connectivity index (χ0v) is 15.0. The van der Waals surface area contributed by atoms with Gasteiger partial charge in [-0.25, -0.2) is 13.1 Å². The number of nitrogens with zero attached hydrogens (tertiary/aromatic N) is 1. The maximum atomic E-state index is 12.4. The molecular formula is C13H20Cl2N2O3S. The van der Waals surface area contributed by atoms with E-state index in [-0.39, 0.29) is 27.0 Å². The van der Waals surface area contributed by atoms with E-state index in [1.807, 2.05) is 32.8 Å². The normalized spacial score (nSPS) is 12.8. The molecule has 120 valence electrons. The molecule has 0 aliphatic rings. The number of sulfonamides is 1. The molecule has 0 aliphatic carbocycles. The number of likely N-dealkylation sites (N-methyl/N-ethyl adjacent to an activating group) is 1. The number of hydrogen-bond acceptors (Lipinski definition) is 4. The molecule has 1 aromatic carbocycles. The molecule has 0 radical (unpaired) electrons. The highest BCUT2D eigenvalue weighted by Gasteiger charge is 2.26. The molecule has 1 N–H and O–H groups in total. The maximum absolute atomic E-state index is 12.4. The highest BCUT2D eigenvalue weighted by atomic mass is 35.5. The van der Waals surface area contributed by atoms with E-state index in [1.54, 1.807) is 0 Å². The standard InChI is InChI=1S/C13H20Cl2N2O3S/c1-13(2,17(3)4)8-16-21(18,19)12-7-9(14)11(20-5)6-10(12)15/h6-7,16H,8H2,1-5H3. The van der Waals surface area contributed by atoms with E-state index < -0.39 is 10.0 Å². The first-order chi connectivity index (χ1) is 9.51. The van der Waals surface area contributed by atoms with Crippen molar-refractivity contribution in [3.63, 3.8) is 0 Å². The Morgan fingerprint density at radius 3 is 2.29 bits per heavy atom. The first kappa shape index (κ1) is 18.5. The van der Waals surface area contributed by atoms with Gasteiger partial charge in [-0.05, 0) is 34.0 Å². The van der Waals surface area contributed by atoms with E-state index in [2.05, 4.69) is 4.72 Å². The molecule has 0 saturated carbocycles. The third-order valence-electron chi connectivity index (χ3n) is 3.40. The van der Waals surface area contributed by atoms with Gasteiger partial charge in [0.1, 0.15) is 10.6 Å². The van der Waals surface area contributed by atoms with Crippen LogP contribution in [-0.4, -0.2) is 46.6 Å². The molecule has 0 bridgehead atoms. The molecule has 0 unspecified atom stereocenters. The van der Waals surface area contributed by atoms with Crippen LogP contribution in [0, 0.1) is 0 Å². The molecule has 0 aliphatic heterocycles. The smallest absolute Gasteiger partial charge is 0.242 e. The molecule has 1 aromatic rings. The Bertz CT molecular complexity index is 616. The molecule has 21 heavy (non-hydrogen) atoms. The molecule has 0 amide bonds. The van der Waals surface area contributed by atoms with Gasteiger partial charge in [0.05, 0.1) is 17.2 Å². The summed E-state index contributed by atoms with van der Waals surface area (Å²) < 4.78 is 32.3. The van der Waals surface area contributed by atoms with Crippen molar-refractivity contribution in [1.82, 2.24) is 9.62 Å². The summed E-state index contributed by atoms with van der Waals surface area (Å²) in [7, 11) is 1.44. The van der Waals surface area contributed by atoms with Gasteiger partial charge in [-0.2, -0.15) is 0 Å². The van der Waals surface area contributed by atoms with Crippen LogP contribution in [0.15, 0.2) is 17.0 Å². The number of ether oxygens (including phenoxy) is 1. The SMILES string of the molecule is COc1cc(Cl)c(S(=O)(=O)NCC(C)(C)N(C)C)cc1Cl. The van der Waals surface area contributed by atoms with Crippen LogP contribution in [0.4, 0.5) is 0 Å². The van der Waals surface area contributed by atoms with E-state index in [1.165, 1.54) is 19.2 Å². The Morgan fingerprint density at radius 2 is 1.81 bits per heavy atom. The lowest BCUT2D eigenvalue weighted by Gasteiger charge is -2.32. The van der Waals surface area contributed by atoms with Gasteiger partial charge in [-0.3, -0.25) is 0 Å². The van der Waals surface area contributed by atoms with E-state index in [4.69, 9.17) is 27.9 Å². The molecule has 0 atom stereocenters. The minimum atomic E-state index is -3.75. The Morgan fingerprint density at radius 1 is 1.24 bits per heavy atom. The van der Waals surface area contributed by atoms with Crippen molar-refractivity contribution in [1.29, 1.82) is 0 Å². The Labute approximate surface area is 136 Å². The van der Waals surface area contributed by atoms with E-state index in [0.717, 1.165) is 0 Å². The Kier molecular flexibility index (Phi) is 5.91. The predicted octanol–water partition coefficient (Wildman–Crippen LogP) is 2.62. The van der Waals surface area contributed by atoms with Gasteiger partial charge in [0.2, 0.25) is 10.0 Å². The first-order valence-electron chi connectivity index (χ1n) is 6.21. The number of halogens is 2. The fourth-order valence-corrected chi connectivity index (χ4v) is 3.43. The zero-order chi connectivity index (χ0) is 16.4. The van der Waals surface area contributed by atoms with Crippen molar-refractivity contribution in [2.75, 3.05) is 27.7 Å². The third kappa shape index (κ3) is 4.47. The highest BCUT2D eigenvalue weighted by Crippen LogP contribution is 2.33. The number of hydrogen-bond donors (Lipinski definition) is 1. The van der Waals surface area contributed by atoms with E-state index in [0.29, 0.717) is 5.75 Å². The average molecular weight is 355 g/mol. The molecule has 1 rings (SSSR count). The second kappa shape index (κ2) is 6.71. The zero-order valence-electron chi connectivity index (χ0n) is 12.7. The minimum absolute atomic E-state index is 0.0615. The van der Waals surface area contributed by atoms with Crippen LogP contribution in [-0.2, 0) is 10.0 Å². The van der Waals surface area contributed by atoms with Gasteiger partial charge in [0, 0.05) is 18.2 Å². The number of benzene rings is 1. The van der Waals surface area contributed by atoms with Gasteiger partial charge in [-0.15, -0.1) is 0 Å². The lowest BCUT2D eigenvalue weighted by molar-refractivity contribution is 0.199. The summed E-state index contributed by atoms with van der Waals surface area (Å²) >= 11 is 12.0. The van der Waals surface area contributed by atoms with Crippen LogP contribution in [0.1, 0.15) is 13.8 Å². The predicted molar refractivity (Wildman–Crippen MR) is 86.0 cm³/mol. The minimum Gasteiger partial charge on any atom is -0.495 e. The lowest BCUT2D eigenvalue weighted by Crippen LogP contribution is -2.48. The molecule has 0 fully saturated rings. The van der Waals surface area contributed by atoms with Crippen molar-refractivity contribution >= 4 is 33.2 Å². The van der Waals surface area contributed by atoms with Crippen LogP contribution in [0.5, 0.6) is 5.75 Å². The molecule has 0 spiro atoms. The number of methoxy groups -OCH3 is 1.